The third kappa shape index (κ3) is 2.76. The van der Waals surface area contributed by atoms with Gasteiger partial charge in [0.05, 0.1) is 0 Å². The molecule has 0 aliphatic carbocycles. The maximum absolute atomic E-state index is 5.46. The molecule has 0 amide bonds. The number of benzene rings is 1. The van der Waals surface area contributed by atoms with E-state index in [1.54, 1.807) is 0 Å². The van der Waals surface area contributed by atoms with E-state index in [0.29, 0.717) is 5.95 Å². The van der Waals surface area contributed by atoms with E-state index in [2.05, 4.69) is 40.5 Å². The second kappa shape index (κ2) is 4.40. The Morgan fingerprint density at radius 1 is 1.20 bits per heavy atom. The minimum absolute atomic E-state index is 0.388. The van der Waals surface area contributed by atoms with Crippen LogP contribution < -0.4 is 5.73 Å². The molecule has 0 saturated heterocycles. The lowest BCUT2D eigenvalue weighted by molar-refractivity contribution is 0.944. The number of nitrogen functional groups attached to an aromatic ring is 1. The average Bonchev–Trinajstić information content (AvgIpc) is 2.64. The summed E-state index contributed by atoms with van der Waals surface area (Å²) in [7, 11) is 0. The maximum Gasteiger partial charge on any atom is 0.232 e. The average molecular weight is 219 g/mol. The summed E-state index contributed by atoms with van der Waals surface area (Å²) in [5.74, 6) is 0.388. The van der Waals surface area contributed by atoms with Gasteiger partial charge in [0.1, 0.15) is 5.01 Å². The first-order chi connectivity index (χ1) is 7.24. The van der Waals surface area contributed by atoms with Crippen LogP contribution in [-0.2, 0) is 12.8 Å². The predicted octanol–water partition coefficient (Wildman–Crippen LogP) is 2.21. The lowest BCUT2D eigenvalue weighted by Crippen LogP contribution is -1.92. The van der Waals surface area contributed by atoms with Gasteiger partial charge >= 0.3 is 0 Å². The molecular formula is C11H13N3S. The molecule has 0 bridgehead atoms. The van der Waals surface area contributed by atoms with Gasteiger partial charge in [-0.3, -0.25) is 0 Å². The van der Waals surface area contributed by atoms with Crippen LogP contribution in [0.4, 0.5) is 5.95 Å². The molecule has 15 heavy (non-hydrogen) atoms. The third-order valence-electron chi connectivity index (χ3n) is 2.23. The quantitative estimate of drug-likeness (QED) is 0.861. The fourth-order valence-corrected chi connectivity index (χ4v) is 1.94. The molecule has 1 heterocycles. The van der Waals surface area contributed by atoms with Crippen molar-refractivity contribution in [3.63, 3.8) is 0 Å². The van der Waals surface area contributed by atoms with E-state index in [4.69, 9.17) is 5.73 Å². The molecule has 1 aromatic heterocycles. The lowest BCUT2D eigenvalue weighted by atomic mass is 10.1. The van der Waals surface area contributed by atoms with Crippen LogP contribution in [0, 0.1) is 6.92 Å². The summed E-state index contributed by atoms with van der Waals surface area (Å²) < 4.78 is 3.95. The van der Waals surface area contributed by atoms with Crippen molar-refractivity contribution in [2.45, 2.75) is 19.8 Å². The van der Waals surface area contributed by atoms with Crippen LogP contribution in [-0.4, -0.2) is 9.36 Å². The first kappa shape index (κ1) is 10.1. The van der Waals surface area contributed by atoms with E-state index in [9.17, 15) is 0 Å². The van der Waals surface area contributed by atoms with Crippen molar-refractivity contribution in [3.8, 4) is 0 Å². The Morgan fingerprint density at radius 2 is 1.93 bits per heavy atom. The van der Waals surface area contributed by atoms with Crippen molar-refractivity contribution in [1.29, 1.82) is 0 Å². The molecule has 0 aliphatic rings. The number of nitrogens with zero attached hydrogens (tertiary/aromatic N) is 2. The highest BCUT2D eigenvalue weighted by Crippen LogP contribution is 2.11. The minimum atomic E-state index is 0.388. The van der Waals surface area contributed by atoms with E-state index < -0.39 is 0 Å². The summed E-state index contributed by atoms with van der Waals surface area (Å²) in [5.41, 5.74) is 8.07. The fourth-order valence-electron chi connectivity index (χ4n) is 1.38. The standard InChI is InChI=1S/C11H13N3S/c1-8-2-4-9(5-3-8)6-7-10-13-11(12)14-15-10/h2-5H,6-7H2,1H3,(H2,12,14). The summed E-state index contributed by atoms with van der Waals surface area (Å²) in [6.45, 7) is 2.09. The van der Waals surface area contributed by atoms with E-state index in [1.165, 1.54) is 22.7 Å². The van der Waals surface area contributed by atoms with Crippen molar-refractivity contribution in [2.75, 3.05) is 5.73 Å². The number of aryl methyl sites for hydroxylation is 3. The summed E-state index contributed by atoms with van der Waals surface area (Å²) in [5, 5.41) is 1.01. The van der Waals surface area contributed by atoms with Crippen LogP contribution in [0.1, 0.15) is 16.1 Å². The summed E-state index contributed by atoms with van der Waals surface area (Å²) in [6.07, 6.45) is 1.91. The van der Waals surface area contributed by atoms with Crippen molar-refractivity contribution >= 4 is 17.5 Å². The lowest BCUT2D eigenvalue weighted by Gasteiger charge is -1.99. The van der Waals surface area contributed by atoms with Crippen LogP contribution in [0.2, 0.25) is 0 Å². The van der Waals surface area contributed by atoms with E-state index in [1.807, 2.05) is 0 Å². The molecule has 2 N–H and O–H groups in total. The van der Waals surface area contributed by atoms with Gasteiger partial charge in [0.2, 0.25) is 5.95 Å². The molecule has 1 aromatic carbocycles. The Labute approximate surface area is 93.1 Å². The van der Waals surface area contributed by atoms with Crippen molar-refractivity contribution in [3.05, 3.63) is 40.4 Å². The second-order valence-corrected chi connectivity index (χ2v) is 4.37. The smallest absolute Gasteiger partial charge is 0.232 e. The topological polar surface area (TPSA) is 51.8 Å². The Morgan fingerprint density at radius 3 is 2.53 bits per heavy atom. The Bertz CT molecular complexity index is 433. The van der Waals surface area contributed by atoms with Crippen LogP contribution in [0.5, 0.6) is 0 Å². The Hall–Kier alpha value is -1.42. The Kier molecular flexibility index (Phi) is 2.97. The van der Waals surface area contributed by atoms with Gasteiger partial charge in [-0.25, -0.2) is 4.98 Å². The van der Waals surface area contributed by atoms with Crippen LogP contribution in [0.3, 0.4) is 0 Å². The van der Waals surface area contributed by atoms with Crippen molar-refractivity contribution in [2.24, 2.45) is 0 Å². The summed E-state index contributed by atoms with van der Waals surface area (Å²) >= 11 is 1.39. The minimum Gasteiger partial charge on any atom is -0.367 e. The van der Waals surface area contributed by atoms with Gasteiger partial charge in [0.25, 0.3) is 0 Å². The summed E-state index contributed by atoms with van der Waals surface area (Å²) in [6, 6.07) is 8.56. The number of hydrogen-bond donors (Lipinski definition) is 1. The first-order valence-corrected chi connectivity index (χ1v) is 5.65. The van der Waals surface area contributed by atoms with Gasteiger partial charge < -0.3 is 5.73 Å². The molecule has 2 rings (SSSR count). The molecule has 78 valence electrons. The van der Waals surface area contributed by atoms with E-state index in [-0.39, 0.29) is 0 Å². The molecule has 0 aliphatic heterocycles. The molecule has 0 spiro atoms. The van der Waals surface area contributed by atoms with Gasteiger partial charge in [-0.1, -0.05) is 29.8 Å². The number of aromatic nitrogens is 2. The zero-order valence-corrected chi connectivity index (χ0v) is 9.42. The highest BCUT2D eigenvalue weighted by molar-refractivity contribution is 7.05. The van der Waals surface area contributed by atoms with Crippen LogP contribution >= 0.6 is 11.5 Å². The van der Waals surface area contributed by atoms with Gasteiger partial charge in [-0.2, -0.15) is 4.37 Å². The van der Waals surface area contributed by atoms with E-state index >= 15 is 0 Å². The SMILES string of the molecule is Cc1ccc(CCc2nc(N)ns2)cc1. The van der Waals surface area contributed by atoms with Gasteiger partial charge in [0, 0.05) is 6.42 Å². The normalized spacial score (nSPS) is 10.5. The number of nitrogens with two attached hydrogens (primary N) is 1. The second-order valence-electron chi connectivity index (χ2n) is 3.53. The van der Waals surface area contributed by atoms with Crippen LogP contribution in [0.25, 0.3) is 0 Å². The third-order valence-corrected chi connectivity index (χ3v) is 3.02. The van der Waals surface area contributed by atoms with Gasteiger partial charge in [-0.15, -0.1) is 0 Å². The monoisotopic (exact) mass is 219 g/mol. The van der Waals surface area contributed by atoms with E-state index in [0.717, 1.165) is 17.8 Å². The molecule has 2 aromatic rings. The molecular weight excluding hydrogens is 206 g/mol. The van der Waals surface area contributed by atoms with Gasteiger partial charge in [0.15, 0.2) is 0 Å². The zero-order valence-electron chi connectivity index (χ0n) is 8.60. The fraction of sp³-hybridized carbons (Fsp3) is 0.273. The van der Waals surface area contributed by atoms with Crippen molar-refractivity contribution < 1.29 is 0 Å². The highest BCUT2D eigenvalue weighted by atomic mass is 32.1. The molecule has 0 saturated carbocycles. The largest absolute Gasteiger partial charge is 0.367 e. The molecule has 0 radical (unpaired) electrons. The van der Waals surface area contributed by atoms with Gasteiger partial charge in [-0.05, 0) is 30.4 Å². The summed E-state index contributed by atoms with van der Waals surface area (Å²) in [4.78, 5) is 4.13. The molecule has 0 fully saturated rings. The van der Waals surface area contributed by atoms with Crippen molar-refractivity contribution in [1.82, 2.24) is 9.36 Å². The molecule has 4 heteroatoms. The number of hydrogen-bond acceptors (Lipinski definition) is 4. The van der Waals surface area contributed by atoms with Crippen LogP contribution in [0.15, 0.2) is 24.3 Å². The number of rotatable bonds is 3. The maximum atomic E-state index is 5.46. The number of anilines is 1. The predicted molar refractivity (Wildman–Crippen MR) is 62.9 cm³/mol. The molecule has 3 nitrogen and oxygen atoms in total. The molecule has 0 atom stereocenters. The first-order valence-electron chi connectivity index (χ1n) is 4.87. The Balaban J connectivity index is 1.96. The zero-order chi connectivity index (χ0) is 10.7. The molecule has 0 unspecified atom stereocenters. The highest BCUT2D eigenvalue weighted by Gasteiger charge is 2.01.